The van der Waals surface area contributed by atoms with Crippen LogP contribution in [0.4, 0.5) is 5.82 Å². The van der Waals surface area contributed by atoms with Crippen LogP contribution in [0.5, 0.6) is 0 Å². The van der Waals surface area contributed by atoms with Gasteiger partial charge in [0, 0.05) is 13.1 Å². The molecule has 17 heavy (non-hydrogen) atoms. The summed E-state index contributed by atoms with van der Waals surface area (Å²) in [6, 6.07) is 0.424. The van der Waals surface area contributed by atoms with Crippen LogP contribution in [0.2, 0.25) is 0 Å². The van der Waals surface area contributed by atoms with Gasteiger partial charge in [-0.1, -0.05) is 19.8 Å². The lowest BCUT2D eigenvalue weighted by Gasteiger charge is -2.14. The Bertz CT molecular complexity index is 491. The third-order valence-corrected chi connectivity index (χ3v) is 2.90. The first-order valence-corrected chi connectivity index (χ1v) is 6.11. The van der Waals surface area contributed by atoms with Gasteiger partial charge in [0.25, 0.3) is 0 Å². The molecule has 1 N–H and O–H groups in total. The highest BCUT2D eigenvalue weighted by molar-refractivity contribution is 5.86. The van der Waals surface area contributed by atoms with Gasteiger partial charge in [0.1, 0.15) is 12.1 Å². The predicted octanol–water partition coefficient (Wildman–Crippen LogP) is 2.35. The van der Waals surface area contributed by atoms with Gasteiger partial charge in [0.15, 0.2) is 5.65 Å². The third kappa shape index (κ3) is 2.54. The molecule has 2 heterocycles. The molecule has 0 amide bonds. The fourth-order valence-corrected chi connectivity index (χ4v) is 1.89. The number of hydrogen-bond donors (Lipinski definition) is 1. The zero-order valence-corrected chi connectivity index (χ0v) is 10.6. The van der Waals surface area contributed by atoms with Crippen molar-refractivity contribution in [3.63, 3.8) is 0 Å². The minimum absolute atomic E-state index is 0.424. The number of anilines is 1. The molecule has 2 rings (SSSR count). The van der Waals surface area contributed by atoms with Gasteiger partial charge in [-0.05, 0) is 13.3 Å². The number of rotatable bonds is 5. The van der Waals surface area contributed by atoms with Crippen LogP contribution in [0.1, 0.15) is 33.1 Å². The fraction of sp³-hybridized carbons (Fsp3) is 0.583. The maximum absolute atomic E-state index is 4.29. The van der Waals surface area contributed by atoms with Gasteiger partial charge in [-0.2, -0.15) is 5.10 Å². The maximum Gasteiger partial charge on any atom is 0.163 e. The Kier molecular flexibility index (Phi) is 3.56. The molecule has 1 unspecified atom stereocenters. The molecule has 0 saturated heterocycles. The van der Waals surface area contributed by atoms with Gasteiger partial charge < -0.3 is 5.32 Å². The number of hydrogen-bond acceptors (Lipinski definition) is 4. The van der Waals surface area contributed by atoms with Crippen LogP contribution in [-0.4, -0.2) is 25.8 Å². The molecule has 92 valence electrons. The molecule has 1 atom stereocenters. The van der Waals surface area contributed by atoms with Crippen LogP contribution in [0, 0.1) is 0 Å². The standard InChI is InChI=1S/C12H19N5/c1-4-5-6-9(2)16-11-10-7-15-17(3)12(10)14-8-13-11/h7-9H,4-6H2,1-3H3,(H,13,14,16). The first-order valence-electron chi connectivity index (χ1n) is 6.11. The predicted molar refractivity (Wildman–Crippen MR) is 68.9 cm³/mol. The molecule has 0 aliphatic carbocycles. The maximum atomic E-state index is 4.29. The summed E-state index contributed by atoms with van der Waals surface area (Å²) < 4.78 is 1.76. The highest BCUT2D eigenvalue weighted by Gasteiger charge is 2.09. The summed E-state index contributed by atoms with van der Waals surface area (Å²) in [4.78, 5) is 8.51. The van der Waals surface area contributed by atoms with E-state index < -0.39 is 0 Å². The van der Waals surface area contributed by atoms with Crippen molar-refractivity contribution < 1.29 is 0 Å². The van der Waals surface area contributed by atoms with Crippen molar-refractivity contribution in [2.75, 3.05) is 5.32 Å². The molecular formula is C12H19N5. The second-order valence-corrected chi connectivity index (χ2v) is 4.42. The summed E-state index contributed by atoms with van der Waals surface area (Å²) in [7, 11) is 1.89. The van der Waals surface area contributed by atoms with Crippen LogP contribution < -0.4 is 5.32 Å². The summed E-state index contributed by atoms with van der Waals surface area (Å²) >= 11 is 0. The number of unbranched alkanes of at least 4 members (excludes halogenated alkanes) is 1. The van der Waals surface area contributed by atoms with Gasteiger partial charge in [-0.3, -0.25) is 4.68 Å². The van der Waals surface area contributed by atoms with Crippen molar-refractivity contribution in [2.24, 2.45) is 7.05 Å². The fourth-order valence-electron chi connectivity index (χ4n) is 1.89. The molecule has 5 nitrogen and oxygen atoms in total. The molecule has 0 aliphatic rings. The van der Waals surface area contributed by atoms with Crippen LogP contribution in [0.15, 0.2) is 12.5 Å². The van der Waals surface area contributed by atoms with E-state index in [1.54, 1.807) is 11.0 Å². The summed E-state index contributed by atoms with van der Waals surface area (Å²) in [5.74, 6) is 0.881. The Morgan fingerprint density at radius 3 is 3.00 bits per heavy atom. The molecular weight excluding hydrogens is 214 g/mol. The molecule has 0 saturated carbocycles. The topological polar surface area (TPSA) is 55.6 Å². The number of nitrogens with one attached hydrogen (secondary N) is 1. The molecule has 5 heteroatoms. The average Bonchev–Trinajstić information content (AvgIpc) is 2.70. The van der Waals surface area contributed by atoms with E-state index in [2.05, 4.69) is 34.2 Å². The Labute approximate surface area is 101 Å². The first kappa shape index (κ1) is 11.8. The van der Waals surface area contributed by atoms with E-state index in [4.69, 9.17) is 0 Å². The lowest BCUT2D eigenvalue weighted by molar-refractivity contribution is 0.643. The van der Waals surface area contributed by atoms with Crippen molar-refractivity contribution in [2.45, 2.75) is 39.2 Å². The number of fused-ring (bicyclic) bond motifs is 1. The van der Waals surface area contributed by atoms with Crippen LogP contribution in [0.3, 0.4) is 0 Å². The van der Waals surface area contributed by atoms with E-state index in [0.29, 0.717) is 6.04 Å². The van der Waals surface area contributed by atoms with E-state index in [1.165, 1.54) is 12.8 Å². The summed E-state index contributed by atoms with van der Waals surface area (Å²) in [6.07, 6.45) is 7.00. The largest absolute Gasteiger partial charge is 0.367 e. The minimum Gasteiger partial charge on any atom is -0.367 e. The molecule has 0 aromatic carbocycles. The third-order valence-electron chi connectivity index (χ3n) is 2.90. The van der Waals surface area contributed by atoms with Crippen molar-refractivity contribution in [3.05, 3.63) is 12.5 Å². The summed E-state index contributed by atoms with van der Waals surface area (Å²) in [5.41, 5.74) is 0.866. The Hall–Kier alpha value is -1.65. The highest BCUT2D eigenvalue weighted by Crippen LogP contribution is 2.19. The van der Waals surface area contributed by atoms with E-state index in [1.807, 2.05) is 13.2 Å². The quantitative estimate of drug-likeness (QED) is 0.861. The number of nitrogens with zero attached hydrogens (tertiary/aromatic N) is 4. The molecule has 0 aliphatic heterocycles. The minimum atomic E-state index is 0.424. The van der Waals surface area contributed by atoms with Crippen LogP contribution in [0.25, 0.3) is 11.0 Å². The van der Waals surface area contributed by atoms with Gasteiger partial charge in [0.05, 0.1) is 11.6 Å². The van der Waals surface area contributed by atoms with Gasteiger partial charge >= 0.3 is 0 Å². The molecule has 0 spiro atoms. The Morgan fingerprint density at radius 1 is 1.41 bits per heavy atom. The zero-order chi connectivity index (χ0) is 12.3. The van der Waals surface area contributed by atoms with Gasteiger partial charge in [0.2, 0.25) is 0 Å². The lowest BCUT2D eigenvalue weighted by atomic mass is 10.1. The van der Waals surface area contributed by atoms with Gasteiger partial charge in [-0.15, -0.1) is 0 Å². The van der Waals surface area contributed by atoms with E-state index in [-0.39, 0.29) is 0 Å². The van der Waals surface area contributed by atoms with E-state index >= 15 is 0 Å². The normalized spacial score (nSPS) is 12.9. The van der Waals surface area contributed by atoms with E-state index in [9.17, 15) is 0 Å². The highest BCUT2D eigenvalue weighted by atomic mass is 15.3. The Balaban J connectivity index is 2.18. The second kappa shape index (κ2) is 5.12. The van der Waals surface area contributed by atoms with Crippen molar-refractivity contribution in [1.82, 2.24) is 19.7 Å². The monoisotopic (exact) mass is 233 g/mol. The smallest absolute Gasteiger partial charge is 0.163 e. The Morgan fingerprint density at radius 2 is 2.24 bits per heavy atom. The first-order chi connectivity index (χ1) is 8.22. The lowest BCUT2D eigenvalue weighted by Crippen LogP contribution is -2.16. The average molecular weight is 233 g/mol. The molecule has 0 bridgehead atoms. The molecule has 0 radical (unpaired) electrons. The summed E-state index contributed by atoms with van der Waals surface area (Å²) in [6.45, 7) is 4.39. The number of aryl methyl sites for hydroxylation is 1. The second-order valence-electron chi connectivity index (χ2n) is 4.42. The number of aromatic nitrogens is 4. The van der Waals surface area contributed by atoms with E-state index in [0.717, 1.165) is 23.3 Å². The molecule has 0 fully saturated rings. The van der Waals surface area contributed by atoms with Crippen LogP contribution >= 0.6 is 0 Å². The SMILES string of the molecule is CCCCC(C)Nc1ncnc2c1cnn2C. The van der Waals surface area contributed by atoms with Crippen LogP contribution in [-0.2, 0) is 7.05 Å². The summed E-state index contributed by atoms with van der Waals surface area (Å²) in [5, 5.41) is 8.61. The van der Waals surface area contributed by atoms with Crippen molar-refractivity contribution in [1.29, 1.82) is 0 Å². The zero-order valence-electron chi connectivity index (χ0n) is 10.6. The van der Waals surface area contributed by atoms with Gasteiger partial charge in [-0.25, -0.2) is 9.97 Å². The molecule has 2 aromatic heterocycles. The molecule has 2 aromatic rings. The van der Waals surface area contributed by atoms with Crippen molar-refractivity contribution >= 4 is 16.9 Å². The van der Waals surface area contributed by atoms with Crippen molar-refractivity contribution in [3.8, 4) is 0 Å².